The average Bonchev–Trinajstić information content (AvgIpc) is 2.14. The van der Waals surface area contributed by atoms with Crippen molar-refractivity contribution < 1.29 is 27.1 Å². The Morgan fingerprint density at radius 2 is 1.93 bits per heavy atom. The van der Waals surface area contributed by atoms with Crippen molar-refractivity contribution in [2.75, 3.05) is 7.11 Å². The van der Waals surface area contributed by atoms with Gasteiger partial charge >= 0.3 is 12.1 Å². The van der Waals surface area contributed by atoms with E-state index in [-0.39, 0.29) is 0 Å². The molecule has 0 heterocycles. The zero-order valence-corrected chi connectivity index (χ0v) is 7.56. The van der Waals surface area contributed by atoms with Crippen LogP contribution in [0.15, 0.2) is 18.2 Å². The molecule has 1 aromatic carbocycles. The topological polar surface area (TPSA) is 26.3 Å². The first-order chi connectivity index (χ1) is 6.88. The van der Waals surface area contributed by atoms with E-state index in [1.54, 1.807) is 0 Å². The Morgan fingerprint density at radius 1 is 1.33 bits per heavy atom. The summed E-state index contributed by atoms with van der Waals surface area (Å²) >= 11 is 0. The van der Waals surface area contributed by atoms with Crippen LogP contribution in [0.3, 0.4) is 0 Å². The van der Waals surface area contributed by atoms with E-state index in [0.29, 0.717) is 6.07 Å². The lowest BCUT2D eigenvalue weighted by molar-refractivity contribution is -0.140. The second-order valence-electron chi connectivity index (χ2n) is 2.65. The van der Waals surface area contributed by atoms with Crippen LogP contribution >= 0.6 is 0 Å². The molecule has 0 fully saturated rings. The first-order valence-corrected chi connectivity index (χ1v) is 3.82. The number of hydrogen-bond donors (Lipinski definition) is 0. The summed E-state index contributed by atoms with van der Waals surface area (Å²) in [6, 6.07) is 2.50. The first kappa shape index (κ1) is 11.5. The van der Waals surface area contributed by atoms with Crippen LogP contribution in [0.2, 0.25) is 0 Å². The third-order valence-electron chi connectivity index (χ3n) is 1.70. The van der Waals surface area contributed by atoms with Gasteiger partial charge in [0.05, 0.1) is 12.7 Å². The minimum atomic E-state index is -4.92. The molecule has 0 aliphatic heterocycles. The largest absolute Gasteiger partial charge is 0.465 e. The first-order valence-electron chi connectivity index (χ1n) is 3.82. The standard InChI is InChI=1S/C9H6F4O2/c1-15-8(14)5-3-2-4-6(10)7(5)9(11,12)13/h2-4H,1H3. The molecule has 0 bridgehead atoms. The Hall–Kier alpha value is -1.59. The quantitative estimate of drug-likeness (QED) is 0.539. The van der Waals surface area contributed by atoms with E-state index in [2.05, 4.69) is 4.74 Å². The number of benzene rings is 1. The molecule has 0 radical (unpaired) electrons. The molecule has 0 saturated carbocycles. The summed E-state index contributed by atoms with van der Waals surface area (Å²) in [5, 5.41) is 0. The Labute approximate surface area is 82.5 Å². The van der Waals surface area contributed by atoms with E-state index >= 15 is 0 Å². The zero-order valence-electron chi connectivity index (χ0n) is 7.56. The van der Waals surface area contributed by atoms with Crippen molar-refractivity contribution >= 4 is 5.97 Å². The molecule has 0 N–H and O–H groups in total. The smallest absolute Gasteiger partial charge is 0.420 e. The summed E-state index contributed by atoms with van der Waals surface area (Å²) in [4.78, 5) is 10.9. The monoisotopic (exact) mass is 222 g/mol. The summed E-state index contributed by atoms with van der Waals surface area (Å²) in [7, 11) is 0.924. The number of alkyl halides is 3. The van der Waals surface area contributed by atoms with E-state index in [9.17, 15) is 22.4 Å². The summed E-state index contributed by atoms with van der Waals surface area (Å²) < 4.78 is 54.1. The molecule has 0 aromatic heterocycles. The predicted octanol–water partition coefficient (Wildman–Crippen LogP) is 2.63. The lowest BCUT2D eigenvalue weighted by Gasteiger charge is -2.11. The highest BCUT2D eigenvalue weighted by Gasteiger charge is 2.38. The van der Waals surface area contributed by atoms with Crippen LogP contribution < -0.4 is 0 Å². The highest BCUT2D eigenvalue weighted by molar-refractivity contribution is 5.91. The molecule has 0 unspecified atom stereocenters. The summed E-state index contributed by atoms with van der Waals surface area (Å²) in [6.07, 6.45) is -4.92. The minimum absolute atomic E-state index is 0.634. The maximum absolute atomic E-state index is 12.9. The van der Waals surface area contributed by atoms with Gasteiger partial charge in [-0.05, 0) is 12.1 Å². The van der Waals surface area contributed by atoms with Crippen molar-refractivity contribution in [2.45, 2.75) is 6.18 Å². The molecule has 0 aliphatic carbocycles. The maximum atomic E-state index is 12.9. The van der Waals surface area contributed by atoms with Crippen LogP contribution in [-0.2, 0) is 10.9 Å². The number of carbonyl (C=O) groups excluding carboxylic acids is 1. The zero-order chi connectivity index (χ0) is 11.6. The third-order valence-corrected chi connectivity index (χ3v) is 1.70. The number of ether oxygens (including phenoxy) is 1. The highest BCUT2D eigenvalue weighted by atomic mass is 19.4. The van der Waals surface area contributed by atoms with Crippen LogP contribution in [-0.4, -0.2) is 13.1 Å². The van der Waals surface area contributed by atoms with Crippen molar-refractivity contribution in [2.24, 2.45) is 0 Å². The van der Waals surface area contributed by atoms with Crippen molar-refractivity contribution in [1.29, 1.82) is 0 Å². The maximum Gasteiger partial charge on any atom is 0.420 e. The number of esters is 1. The van der Waals surface area contributed by atoms with E-state index in [1.807, 2.05) is 0 Å². The molecule has 15 heavy (non-hydrogen) atoms. The summed E-state index contributed by atoms with van der Waals surface area (Å²) in [5.74, 6) is -2.72. The van der Waals surface area contributed by atoms with Gasteiger partial charge in [-0.2, -0.15) is 13.2 Å². The molecule has 0 aliphatic rings. The average molecular weight is 222 g/mol. The Morgan fingerprint density at radius 3 is 2.40 bits per heavy atom. The van der Waals surface area contributed by atoms with Crippen molar-refractivity contribution in [3.05, 3.63) is 35.1 Å². The van der Waals surface area contributed by atoms with Gasteiger partial charge in [-0.25, -0.2) is 9.18 Å². The fourth-order valence-electron chi connectivity index (χ4n) is 1.09. The van der Waals surface area contributed by atoms with Crippen molar-refractivity contribution in [1.82, 2.24) is 0 Å². The van der Waals surface area contributed by atoms with Gasteiger partial charge in [0.25, 0.3) is 0 Å². The van der Waals surface area contributed by atoms with Gasteiger partial charge in [0.15, 0.2) is 0 Å². The van der Waals surface area contributed by atoms with Gasteiger partial charge in [-0.1, -0.05) is 6.07 Å². The van der Waals surface area contributed by atoms with Gasteiger partial charge in [0.2, 0.25) is 0 Å². The van der Waals surface area contributed by atoms with Gasteiger partial charge in [-0.3, -0.25) is 0 Å². The van der Waals surface area contributed by atoms with Crippen LogP contribution in [0.25, 0.3) is 0 Å². The lowest BCUT2D eigenvalue weighted by atomic mass is 10.1. The molecular formula is C9H6F4O2. The van der Waals surface area contributed by atoms with Crippen molar-refractivity contribution in [3.8, 4) is 0 Å². The molecule has 0 amide bonds. The van der Waals surface area contributed by atoms with E-state index < -0.39 is 29.1 Å². The number of halogens is 4. The van der Waals surface area contributed by atoms with E-state index in [0.717, 1.165) is 19.2 Å². The van der Waals surface area contributed by atoms with Gasteiger partial charge in [0.1, 0.15) is 11.4 Å². The van der Waals surface area contributed by atoms with Gasteiger partial charge in [-0.15, -0.1) is 0 Å². The number of hydrogen-bond acceptors (Lipinski definition) is 2. The molecule has 1 rings (SSSR count). The molecule has 2 nitrogen and oxygen atoms in total. The Bertz CT molecular complexity index is 384. The second kappa shape index (κ2) is 3.88. The molecular weight excluding hydrogens is 216 g/mol. The highest BCUT2D eigenvalue weighted by Crippen LogP contribution is 2.34. The summed E-state index contributed by atoms with van der Waals surface area (Å²) in [6.45, 7) is 0. The second-order valence-corrected chi connectivity index (χ2v) is 2.65. The summed E-state index contributed by atoms with van der Waals surface area (Å²) in [5.41, 5.74) is -2.43. The molecule has 0 saturated heterocycles. The van der Waals surface area contributed by atoms with Crippen LogP contribution in [0.1, 0.15) is 15.9 Å². The van der Waals surface area contributed by atoms with Crippen LogP contribution in [0, 0.1) is 5.82 Å². The molecule has 6 heteroatoms. The van der Waals surface area contributed by atoms with E-state index in [1.165, 1.54) is 0 Å². The lowest BCUT2D eigenvalue weighted by Crippen LogP contribution is -2.16. The van der Waals surface area contributed by atoms with Crippen LogP contribution in [0.5, 0.6) is 0 Å². The van der Waals surface area contributed by atoms with Crippen molar-refractivity contribution in [3.63, 3.8) is 0 Å². The van der Waals surface area contributed by atoms with Crippen LogP contribution in [0.4, 0.5) is 17.6 Å². The minimum Gasteiger partial charge on any atom is -0.465 e. The molecule has 0 spiro atoms. The van der Waals surface area contributed by atoms with Gasteiger partial charge in [0, 0.05) is 0 Å². The van der Waals surface area contributed by atoms with E-state index in [4.69, 9.17) is 0 Å². The van der Waals surface area contributed by atoms with Gasteiger partial charge < -0.3 is 4.74 Å². The third kappa shape index (κ3) is 2.26. The Kier molecular flexibility index (Phi) is 2.97. The number of methoxy groups -OCH3 is 1. The Balaban J connectivity index is 3.40. The molecule has 82 valence electrons. The number of carbonyl (C=O) groups is 1. The number of rotatable bonds is 1. The normalized spacial score (nSPS) is 11.3. The fraction of sp³-hybridized carbons (Fsp3) is 0.222. The molecule has 1 aromatic rings. The predicted molar refractivity (Wildman–Crippen MR) is 42.7 cm³/mol. The molecule has 0 atom stereocenters. The SMILES string of the molecule is COC(=O)c1cccc(F)c1C(F)(F)F. The fourth-order valence-corrected chi connectivity index (χ4v) is 1.09.